The highest BCUT2D eigenvalue weighted by molar-refractivity contribution is 9.10. The molecule has 1 aromatic carbocycles. The van der Waals surface area contributed by atoms with Crippen LogP contribution in [0, 0.1) is 11.6 Å². The van der Waals surface area contributed by atoms with E-state index in [0.29, 0.717) is 4.47 Å². The molecule has 1 aliphatic rings. The van der Waals surface area contributed by atoms with E-state index in [-0.39, 0.29) is 23.5 Å². The van der Waals surface area contributed by atoms with E-state index in [9.17, 15) is 22.8 Å². The Kier molecular flexibility index (Phi) is 5.45. The van der Waals surface area contributed by atoms with Crippen molar-refractivity contribution in [2.75, 3.05) is 18.9 Å². The number of nitrogens with one attached hydrogen (secondary N) is 1. The topological polar surface area (TPSA) is 75.2 Å². The van der Waals surface area contributed by atoms with E-state index < -0.39 is 42.1 Å². The van der Waals surface area contributed by atoms with Gasteiger partial charge in [0.2, 0.25) is 11.9 Å². The SMILES string of the molecule is CN(CC(=O)Nc1ncc(F)cn1)C(=O)c1c(F)cc(Br)cc1C1CC1F. The predicted molar refractivity (Wildman–Crippen MR) is 93.9 cm³/mol. The number of likely N-dealkylation sites (N-methyl/N-ethyl adjacent to an activating group) is 1. The smallest absolute Gasteiger partial charge is 0.257 e. The molecule has 2 amide bonds. The van der Waals surface area contributed by atoms with Gasteiger partial charge in [-0.3, -0.25) is 14.9 Å². The number of alkyl halides is 1. The summed E-state index contributed by atoms with van der Waals surface area (Å²) in [7, 11) is 1.32. The minimum atomic E-state index is -1.12. The number of amides is 2. The Morgan fingerprint density at radius 2 is 1.93 bits per heavy atom. The number of anilines is 1. The second kappa shape index (κ2) is 7.63. The van der Waals surface area contributed by atoms with Gasteiger partial charge in [0.05, 0.1) is 24.5 Å². The Bertz CT molecular complexity index is 894. The van der Waals surface area contributed by atoms with Crippen LogP contribution in [0.15, 0.2) is 29.0 Å². The van der Waals surface area contributed by atoms with Gasteiger partial charge < -0.3 is 4.90 Å². The first-order chi connectivity index (χ1) is 12.8. The molecule has 1 N–H and O–H groups in total. The van der Waals surface area contributed by atoms with Crippen LogP contribution in [0.5, 0.6) is 0 Å². The van der Waals surface area contributed by atoms with Gasteiger partial charge in [-0.2, -0.15) is 0 Å². The minimum Gasteiger partial charge on any atom is -0.332 e. The third-order valence-electron chi connectivity index (χ3n) is 4.01. The fraction of sp³-hybridized carbons (Fsp3) is 0.294. The maximum atomic E-state index is 14.4. The summed E-state index contributed by atoms with van der Waals surface area (Å²) >= 11 is 3.14. The van der Waals surface area contributed by atoms with Crippen LogP contribution in [0.25, 0.3) is 0 Å². The summed E-state index contributed by atoms with van der Waals surface area (Å²) in [5.74, 6) is -3.51. The average Bonchev–Trinajstić information content (AvgIpc) is 3.32. The van der Waals surface area contributed by atoms with Gasteiger partial charge in [0, 0.05) is 17.4 Å². The lowest BCUT2D eigenvalue weighted by Gasteiger charge is -2.19. The number of benzene rings is 1. The molecule has 1 saturated carbocycles. The van der Waals surface area contributed by atoms with Crippen molar-refractivity contribution in [3.05, 3.63) is 51.8 Å². The van der Waals surface area contributed by atoms with Crippen molar-refractivity contribution in [1.82, 2.24) is 14.9 Å². The zero-order valence-corrected chi connectivity index (χ0v) is 15.6. The number of aromatic nitrogens is 2. The van der Waals surface area contributed by atoms with Crippen molar-refractivity contribution in [2.45, 2.75) is 18.5 Å². The molecule has 2 atom stereocenters. The number of carbonyl (C=O) groups is 2. The van der Waals surface area contributed by atoms with E-state index in [0.717, 1.165) is 23.4 Å². The maximum absolute atomic E-state index is 14.4. The summed E-state index contributed by atoms with van der Waals surface area (Å²) in [6.45, 7) is -0.418. The van der Waals surface area contributed by atoms with Crippen LogP contribution >= 0.6 is 15.9 Å². The first-order valence-corrected chi connectivity index (χ1v) is 8.71. The maximum Gasteiger partial charge on any atom is 0.257 e. The molecule has 0 spiro atoms. The second-order valence-electron chi connectivity index (χ2n) is 6.14. The Morgan fingerprint density at radius 3 is 2.52 bits per heavy atom. The lowest BCUT2D eigenvalue weighted by Crippen LogP contribution is -2.36. The van der Waals surface area contributed by atoms with Crippen LogP contribution in [0.2, 0.25) is 0 Å². The van der Waals surface area contributed by atoms with Crippen molar-refractivity contribution in [2.24, 2.45) is 0 Å². The zero-order chi connectivity index (χ0) is 19.7. The summed E-state index contributed by atoms with van der Waals surface area (Å²) in [5.41, 5.74) is 0.0187. The molecule has 1 aromatic heterocycles. The molecule has 27 heavy (non-hydrogen) atoms. The Morgan fingerprint density at radius 1 is 1.30 bits per heavy atom. The molecule has 0 bridgehead atoms. The molecule has 6 nitrogen and oxygen atoms in total. The van der Waals surface area contributed by atoms with E-state index in [4.69, 9.17) is 0 Å². The highest BCUT2D eigenvalue weighted by Gasteiger charge is 2.42. The van der Waals surface area contributed by atoms with Gasteiger partial charge in [-0.05, 0) is 24.1 Å². The van der Waals surface area contributed by atoms with Gasteiger partial charge in [-0.15, -0.1) is 0 Å². The van der Waals surface area contributed by atoms with Crippen LogP contribution in [0.3, 0.4) is 0 Å². The largest absolute Gasteiger partial charge is 0.332 e. The van der Waals surface area contributed by atoms with E-state index >= 15 is 0 Å². The fourth-order valence-electron chi connectivity index (χ4n) is 2.62. The Hall–Kier alpha value is -2.49. The molecule has 2 aromatic rings. The number of rotatable bonds is 5. The van der Waals surface area contributed by atoms with Crippen LogP contribution < -0.4 is 5.32 Å². The van der Waals surface area contributed by atoms with E-state index in [1.54, 1.807) is 0 Å². The summed E-state index contributed by atoms with van der Waals surface area (Å²) in [6.07, 6.45) is 0.866. The Balaban J connectivity index is 1.73. The molecule has 1 aliphatic carbocycles. The normalized spacial score (nSPS) is 18.1. The van der Waals surface area contributed by atoms with Crippen molar-refractivity contribution < 1.29 is 22.8 Å². The molecule has 1 heterocycles. The van der Waals surface area contributed by atoms with Gasteiger partial charge in [-0.1, -0.05) is 15.9 Å². The minimum absolute atomic E-state index is 0.129. The van der Waals surface area contributed by atoms with Crippen LogP contribution in [-0.2, 0) is 4.79 Å². The monoisotopic (exact) mass is 442 g/mol. The lowest BCUT2D eigenvalue weighted by atomic mass is 10.0. The molecule has 1 fully saturated rings. The van der Waals surface area contributed by atoms with Gasteiger partial charge >= 0.3 is 0 Å². The first kappa shape index (κ1) is 19.3. The molecular formula is C17H14BrF3N4O2. The van der Waals surface area contributed by atoms with Crippen LogP contribution in [0.1, 0.15) is 28.3 Å². The molecule has 10 heteroatoms. The van der Waals surface area contributed by atoms with Gasteiger partial charge in [0.15, 0.2) is 5.82 Å². The van der Waals surface area contributed by atoms with Crippen molar-refractivity contribution in [1.29, 1.82) is 0 Å². The first-order valence-electron chi connectivity index (χ1n) is 7.92. The highest BCUT2D eigenvalue weighted by atomic mass is 79.9. The molecule has 2 unspecified atom stereocenters. The zero-order valence-electron chi connectivity index (χ0n) is 14.0. The average molecular weight is 443 g/mol. The molecule has 0 saturated heterocycles. The third kappa shape index (κ3) is 4.44. The van der Waals surface area contributed by atoms with Gasteiger partial charge in [0.25, 0.3) is 5.91 Å². The number of nitrogens with zero attached hydrogens (tertiary/aromatic N) is 3. The van der Waals surface area contributed by atoms with Crippen molar-refractivity contribution in [3.63, 3.8) is 0 Å². The van der Waals surface area contributed by atoms with Crippen LogP contribution in [-0.4, -0.2) is 46.4 Å². The second-order valence-corrected chi connectivity index (χ2v) is 7.06. The molecule has 142 valence electrons. The van der Waals surface area contributed by atoms with Crippen LogP contribution in [0.4, 0.5) is 19.1 Å². The van der Waals surface area contributed by atoms with Gasteiger partial charge in [0.1, 0.15) is 12.0 Å². The van der Waals surface area contributed by atoms with Crippen molar-refractivity contribution >= 4 is 33.7 Å². The summed E-state index contributed by atoms with van der Waals surface area (Å²) in [5, 5.41) is 2.30. The predicted octanol–water partition coefficient (Wildman–Crippen LogP) is 3.05. The summed E-state index contributed by atoms with van der Waals surface area (Å²) in [4.78, 5) is 32.8. The van der Waals surface area contributed by atoms with E-state index in [1.165, 1.54) is 13.1 Å². The highest BCUT2D eigenvalue weighted by Crippen LogP contribution is 2.46. The summed E-state index contributed by atoms with van der Waals surface area (Å²) < 4.78 is 41.1. The molecule has 3 rings (SSSR count). The van der Waals surface area contributed by atoms with Gasteiger partial charge in [-0.25, -0.2) is 23.1 Å². The number of hydrogen-bond donors (Lipinski definition) is 1. The number of hydrogen-bond acceptors (Lipinski definition) is 4. The number of carbonyl (C=O) groups excluding carboxylic acids is 2. The fourth-order valence-corrected chi connectivity index (χ4v) is 3.06. The standard InChI is InChI=1S/C17H14BrF3N4O2/c1-25(7-14(26)24-17-22-5-9(19)6-23-17)16(27)15-11(10-4-12(10)20)2-8(18)3-13(15)21/h2-3,5-6,10,12H,4,7H2,1H3,(H,22,23,24,26). The Labute approximate surface area is 160 Å². The third-order valence-corrected chi connectivity index (χ3v) is 4.47. The molecule has 0 aliphatic heterocycles. The van der Waals surface area contributed by atoms with E-state index in [2.05, 4.69) is 31.2 Å². The van der Waals surface area contributed by atoms with Crippen molar-refractivity contribution in [3.8, 4) is 0 Å². The molecular weight excluding hydrogens is 429 g/mol. The summed E-state index contributed by atoms with van der Waals surface area (Å²) in [6, 6.07) is 2.63. The quantitative estimate of drug-likeness (QED) is 0.771. The number of halogens is 4. The lowest BCUT2D eigenvalue weighted by molar-refractivity contribution is -0.116. The molecule has 0 radical (unpaired) electrons. The van der Waals surface area contributed by atoms with E-state index in [1.807, 2.05) is 0 Å².